The number of piperidine rings is 1. The lowest BCUT2D eigenvalue weighted by molar-refractivity contribution is -0.134. The first-order valence-electron chi connectivity index (χ1n) is 9.83. The summed E-state index contributed by atoms with van der Waals surface area (Å²) in [6.45, 7) is 1.46. The monoisotopic (exact) mass is 407 g/mol. The van der Waals surface area contributed by atoms with Gasteiger partial charge in [-0.05, 0) is 49.6 Å². The molecule has 2 heterocycles. The second-order valence-electron chi connectivity index (χ2n) is 7.25. The van der Waals surface area contributed by atoms with E-state index in [1.54, 1.807) is 35.2 Å². The van der Waals surface area contributed by atoms with E-state index < -0.39 is 5.97 Å². The fourth-order valence-corrected chi connectivity index (χ4v) is 3.52. The van der Waals surface area contributed by atoms with Gasteiger partial charge in [0, 0.05) is 24.7 Å². The molecule has 0 atom stereocenters. The Bertz CT molecular complexity index is 1140. The van der Waals surface area contributed by atoms with E-state index in [0.717, 1.165) is 32.4 Å². The lowest BCUT2D eigenvalue weighted by Crippen LogP contribution is -2.38. The average molecular weight is 407 g/mol. The molecule has 0 aliphatic carbocycles. The number of carbonyl (C=O) groups is 2. The van der Waals surface area contributed by atoms with Gasteiger partial charge >= 0.3 is 5.97 Å². The number of ether oxygens (including phenoxy) is 1. The number of nitrogens with zero attached hydrogens (tertiary/aromatic N) is 1. The zero-order valence-electron chi connectivity index (χ0n) is 16.3. The van der Waals surface area contributed by atoms with Crippen LogP contribution in [0.3, 0.4) is 0 Å². The second kappa shape index (κ2) is 8.41. The van der Waals surface area contributed by atoms with Crippen LogP contribution in [-0.4, -0.2) is 41.6 Å². The molecule has 1 saturated heterocycles. The molecule has 1 amide bonds. The Morgan fingerprint density at radius 3 is 2.43 bits per heavy atom. The van der Waals surface area contributed by atoms with Crippen LogP contribution in [0.1, 0.15) is 29.6 Å². The highest BCUT2D eigenvalue weighted by Gasteiger charge is 2.17. The van der Waals surface area contributed by atoms with Gasteiger partial charge in [-0.25, -0.2) is 4.79 Å². The first kappa shape index (κ1) is 19.7. The summed E-state index contributed by atoms with van der Waals surface area (Å²) in [6, 6.07) is 12.3. The number of carboxylic acid groups (broad SMARTS) is 1. The van der Waals surface area contributed by atoms with Gasteiger partial charge in [0.2, 0.25) is 0 Å². The van der Waals surface area contributed by atoms with Gasteiger partial charge in [0.05, 0.1) is 10.9 Å². The average Bonchev–Trinajstić information content (AvgIpc) is 2.78. The van der Waals surface area contributed by atoms with Gasteiger partial charge in [0.1, 0.15) is 17.1 Å². The first-order valence-corrected chi connectivity index (χ1v) is 9.83. The molecule has 30 heavy (non-hydrogen) atoms. The molecule has 1 fully saturated rings. The van der Waals surface area contributed by atoms with Gasteiger partial charge in [-0.3, -0.25) is 9.59 Å². The molecule has 0 radical (unpaired) electrons. The van der Waals surface area contributed by atoms with Crippen LogP contribution in [0.4, 0.5) is 0 Å². The van der Waals surface area contributed by atoms with Crippen molar-refractivity contribution in [2.24, 2.45) is 0 Å². The van der Waals surface area contributed by atoms with E-state index in [0.29, 0.717) is 28.0 Å². The van der Waals surface area contributed by atoms with Crippen molar-refractivity contribution in [3.05, 3.63) is 64.3 Å². The standard InChI is InChI=1S/C23H21NO6/c25-19-13-21(15-4-6-16(7-5-15)23(27)28)30-20-9-8-17(12-18(19)20)29-14-22(26)24-10-2-1-3-11-24/h4-9,12-13H,1-3,10-11,14H2,(H,27,28). The van der Waals surface area contributed by atoms with Crippen LogP contribution in [0.15, 0.2) is 57.7 Å². The Morgan fingerprint density at radius 2 is 1.73 bits per heavy atom. The van der Waals surface area contributed by atoms with Crippen LogP contribution in [-0.2, 0) is 4.79 Å². The quantitative estimate of drug-likeness (QED) is 0.695. The van der Waals surface area contributed by atoms with E-state index in [4.69, 9.17) is 14.3 Å². The van der Waals surface area contributed by atoms with Crippen molar-refractivity contribution in [3.63, 3.8) is 0 Å². The zero-order valence-corrected chi connectivity index (χ0v) is 16.3. The van der Waals surface area contributed by atoms with Crippen molar-refractivity contribution in [2.45, 2.75) is 19.3 Å². The number of amides is 1. The number of hydrogen-bond donors (Lipinski definition) is 1. The van der Waals surface area contributed by atoms with E-state index in [1.807, 2.05) is 0 Å². The second-order valence-corrected chi connectivity index (χ2v) is 7.25. The maximum Gasteiger partial charge on any atom is 0.335 e. The van der Waals surface area contributed by atoms with Gasteiger partial charge in [0.25, 0.3) is 5.91 Å². The lowest BCUT2D eigenvalue weighted by atomic mass is 10.1. The third kappa shape index (κ3) is 4.20. The minimum Gasteiger partial charge on any atom is -0.484 e. The number of likely N-dealkylation sites (tertiary alicyclic amines) is 1. The predicted octanol–water partition coefficient (Wildman–Crippen LogP) is 3.55. The molecule has 4 rings (SSSR count). The normalized spacial score (nSPS) is 13.9. The molecule has 0 bridgehead atoms. The van der Waals surface area contributed by atoms with E-state index in [9.17, 15) is 14.4 Å². The third-order valence-corrected chi connectivity index (χ3v) is 5.19. The van der Waals surface area contributed by atoms with Crippen molar-refractivity contribution < 1.29 is 23.8 Å². The molecule has 1 N–H and O–H groups in total. The lowest BCUT2D eigenvalue weighted by Gasteiger charge is -2.26. The summed E-state index contributed by atoms with van der Waals surface area (Å²) in [5, 5.41) is 9.35. The summed E-state index contributed by atoms with van der Waals surface area (Å²) in [7, 11) is 0. The number of rotatable bonds is 5. The Hall–Kier alpha value is -3.61. The van der Waals surface area contributed by atoms with Crippen molar-refractivity contribution >= 4 is 22.8 Å². The molecule has 7 nitrogen and oxygen atoms in total. The summed E-state index contributed by atoms with van der Waals surface area (Å²) in [4.78, 5) is 37.6. The van der Waals surface area contributed by atoms with Gasteiger partial charge in [-0.2, -0.15) is 0 Å². The number of benzene rings is 2. The SMILES string of the molecule is O=C(O)c1ccc(-c2cc(=O)c3cc(OCC(=O)N4CCCCC4)ccc3o2)cc1. The summed E-state index contributed by atoms with van der Waals surface area (Å²) in [5.41, 5.74) is 0.894. The molecule has 0 spiro atoms. The zero-order chi connectivity index (χ0) is 21.1. The molecule has 1 aliphatic heterocycles. The van der Waals surface area contributed by atoms with Crippen molar-refractivity contribution in [3.8, 4) is 17.1 Å². The van der Waals surface area contributed by atoms with E-state index >= 15 is 0 Å². The van der Waals surface area contributed by atoms with Crippen LogP contribution in [0.2, 0.25) is 0 Å². The molecule has 0 unspecified atom stereocenters. The molecule has 7 heteroatoms. The van der Waals surface area contributed by atoms with Crippen LogP contribution < -0.4 is 10.2 Å². The minimum absolute atomic E-state index is 0.0537. The molecular weight excluding hydrogens is 386 g/mol. The van der Waals surface area contributed by atoms with Crippen molar-refractivity contribution in [2.75, 3.05) is 19.7 Å². The molecule has 154 valence electrons. The Kier molecular flexibility index (Phi) is 5.52. The molecule has 2 aromatic carbocycles. The van der Waals surface area contributed by atoms with Crippen LogP contribution in [0.5, 0.6) is 5.75 Å². The van der Waals surface area contributed by atoms with E-state index in [-0.39, 0.29) is 23.5 Å². The summed E-state index contributed by atoms with van der Waals surface area (Å²) in [6.07, 6.45) is 3.19. The highest BCUT2D eigenvalue weighted by Crippen LogP contribution is 2.25. The topological polar surface area (TPSA) is 97.0 Å². The van der Waals surface area contributed by atoms with Crippen LogP contribution in [0.25, 0.3) is 22.3 Å². The summed E-state index contributed by atoms with van der Waals surface area (Å²) >= 11 is 0. The fraction of sp³-hybridized carbons (Fsp3) is 0.261. The Morgan fingerprint density at radius 1 is 1.00 bits per heavy atom. The molecule has 1 aromatic heterocycles. The van der Waals surface area contributed by atoms with Crippen molar-refractivity contribution in [1.82, 2.24) is 4.90 Å². The number of carboxylic acids is 1. The third-order valence-electron chi connectivity index (χ3n) is 5.19. The first-order chi connectivity index (χ1) is 14.5. The van der Waals surface area contributed by atoms with Gasteiger partial charge in [-0.15, -0.1) is 0 Å². The number of carbonyl (C=O) groups excluding carboxylic acids is 1. The number of aromatic carboxylic acids is 1. The van der Waals surface area contributed by atoms with Gasteiger partial charge in [0.15, 0.2) is 12.0 Å². The predicted molar refractivity (Wildman–Crippen MR) is 111 cm³/mol. The van der Waals surface area contributed by atoms with E-state index in [1.165, 1.54) is 18.2 Å². The van der Waals surface area contributed by atoms with Gasteiger partial charge < -0.3 is 19.2 Å². The number of fused-ring (bicyclic) bond motifs is 1. The number of hydrogen-bond acceptors (Lipinski definition) is 5. The summed E-state index contributed by atoms with van der Waals surface area (Å²) < 4.78 is 11.4. The highest BCUT2D eigenvalue weighted by atomic mass is 16.5. The largest absolute Gasteiger partial charge is 0.484 e. The smallest absolute Gasteiger partial charge is 0.335 e. The van der Waals surface area contributed by atoms with E-state index in [2.05, 4.69) is 0 Å². The molecule has 3 aromatic rings. The maximum absolute atomic E-state index is 12.6. The van der Waals surface area contributed by atoms with Crippen molar-refractivity contribution in [1.29, 1.82) is 0 Å². The Labute approximate surface area is 172 Å². The molecular formula is C23H21NO6. The Balaban J connectivity index is 1.53. The molecule has 0 saturated carbocycles. The van der Waals surface area contributed by atoms with Crippen LogP contribution >= 0.6 is 0 Å². The van der Waals surface area contributed by atoms with Gasteiger partial charge in [-0.1, -0.05) is 12.1 Å². The maximum atomic E-state index is 12.6. The fourth-order valence-electron chi connectivity index (χ4n) is 3.52. The summed E-state index contributed by atoms with van der Waals surface area (Å²) in [5.74, 6) is -0.299. The highest BCUT2D eigenvalue weighted by molar-refractivity contribution is 5.88. The van der Waals surface area contributed by atoms with Crippen LogP contribution in [0, 0.1) is 0 Å². The molecule has 1 aliphatic rings. The minimum atomic E-state index is -1.02.